The van der Waals surface area contributed by atoms with E-state index in [1.54, 1.807) is 7.05 Å². The summed E-state index contributed by atoms with van der Waals surface area (Å²) in [7, 11) is 1.76. The Labute approximate surface area is 212 Å². The highest BCUT2D eigenvalue weighted by Crippen LogP contribution is 2.38. The number of ether oxygens (including phenoxy) is 2. The van der Waals surface area contributed by atoms with Crippen LogP contribution < -0.4 is 20.1 Å². The lowest BCUT2D eigenvalue weighted by atomic mass is 9.83. The zero-order valence-corrected chi connectivity index (χ0v) is 21.2. The molecule has 8 heteroatoms. The standard InChI is InChI=1S/C28H36N4O4/c1-18(29-2)27(33)31-26(19-7-4-3-5-8-19)28(34)32-12-6-9-23(32)22-13-21(15-30-16-22)20-10-11-24-25(14-20)36-17-35-24/h10-11,13-16,18-19,23,26,29H,3-9,12,17H2,1-2H3,(H,31,33)/t18?,23?,26-/m0/s1. The van der Waals surface area contributed by atoms with Crippen molar-refractivity contribution in [3.05, 3.63) is 42.2 Å². The van der Waals surface area contributed by atoms with Crippen LogP contribution in [0.25, 0.3) is 11.1 Å². The zero-order valence-electron chi connectivity index (χ0n) is 21.2. The lowest BCUT2D eigenvalue weighted by Crippen LogP contribution is -2.55. The van der Waals surface area contributed by atoms with Crippen LogP contribution in [0.3, 0.4) is 0 Å². The largest absolute Gasteiger partial charge is 0.454 e. The molecule has 1 saturated carbocycles. The van der Waals surface area contributed by atoms with E-state index in [4.69, 9.17) is 9.47 Å². The maximum Gasteiger partial charge on any atom is 0.245 e. The van der Waals surface area contributed by atoms with E-state index in [-0.39, 0.29) is 36.6 Å². The average Bonchev–Trinajstić information content (AvgIpc) is 3.61. The van der Waals surface area contributed by atoms with Gasteiger partial charge in [-0.3, -0.25) is 14.6 Å². The Balaban J connectivity index is 1.38. The number of amides is 2. The van der Waals surface area contributed by atoms with Gasteiger partial charge in [0.05, 0.1) is 12.1 Å². The minimum atomic E-state index is -0.487. The molecule has 3 atom stereocenters. The number of hydrogen-bond acceptors (Lipinski definition) is 6. The van der Waals surface area contributed by atoms with Crippen LogP contribution in [0.2, 0.25) is 0 Å². The Morgan fingerprint density at radius 2 is 1.81 bits per heavy atom. The number of nitrogens with zero attached hydrogens (tertiary/aromatic N) is 2. The summed E-state index contributed by atoms with van der Waals surface area (Å²) in [5.74, 6) is 1.58. The number of nitrogens with one attached hydrogen (secondary N) is 2. The fourth-order valence-corrected chi connectivity index (χ4v) is 5.69. The molecule has 36 heavy (non-hydrogen) atoms. The van der Waals surface area contributed by atoms with E-state index in [1.807, 2.05) is 42.4 Å². The smallest absolute Gasteiger partial charge is 0.245 e. The summed E-state index contributed by atoms with van der Waals surface area (Å²) in [6.45, 7) is 2.75. The SMILES string of the molecule is CNC(C)C(=O)N[C@H](C(=O)N1CCCC1c1cncc(-c2ccc3c(c2)OCO3)c1)C1CCCCC1. The summed E-state index contributed by atoms with van der Waals surface area (Å²) in [5, 5.41) is 6.10. The Kier molecular flexibility index (Phi) is 7.41. The first-order chi connectivity index (χ1) is 17.5. The van der Waals surface area contributed by atoms with Crippen molar-refractivity contribution in [1.29, 1.82) is 0 Å². The minimum Gasteiger partial charge on any atom is -0.454 e. The maximum atomic E-state index is 14.0. The van der Waals surface area contributed by atoms with Gasteiger partial charge in [-0.2, -0.15) is 0 Å². The van der Waals surface area contributed by atoms with E-state index in [1.165, 1.54) is 6.42 Å². The third-order valence-electron chi connectivity index (χ3n) is 7.90. The number of fused-ring (bicyclic) bond motifs is 1. The highest BCUT2D eigenvalue weighted by molar-refractivity contribution is 5.90. The molecule has 3 aliphatic rings. The highest BCUT2D eigenvalue weighted by Gasteiger charge is 2.39. The molecule has 0 spiro atoms. The molecule has 1 aliphatic carbocycles. The Hall–Kier alpha value is -3.13. The number of pyridine rings is 1. The monoisotopic (exact) mass is 492 g/mol. The molecule has 2 N–H and O–H groups in total. The Bertz CT molecular complexity index is 1100. The highest BCUT2D eigenvalue weighted by atomic mass is 16.7. The molecule has 2 fully saturated rings. The second-order valence-electron chi connectivity index (χ2n) is 10.2. The molecule has 1 aromatic carbocycles. The quantitative estimate of drug-likeness (QED) is 0.611. The normalized spacial score (nSPS) is 21.3. The molecular weight excluding hydrogens is 456 g/mol. The molecule has 0 radical (unpaired) electrons. The number of rotatable bonds is 7. The fraction of sp³-hybridized carbons (Fsp3) is 0.536. The van der Waals surface area contributed by atoms with Crippen molar-refractivity contribution in [1.82, 2.24) is 20.5 Å². The third-order valence-corrected chi connectivity index (χ3v) is 7.90. The topological polar surface area (TPSA) is 92.8 Å². The van der Waals surface area contributed by atoms with Gasteiger partial charge in [0.15, 0.2) is 11.5 Å². The van der Waals surface area contributed by atoms with E-state index in [0.717, 1.165) is 66.7 Å². The lowest BCUT2D eigenvalue weighted by molar-refractivity contribution is -0.139. The molecule has 3 heterocycles. The third kappa shape index (κ3) is 5.05. The van der Waals surface area contributed by atoms with Crippen molar-refractivity contribution < 1.29 is 19.1 Å². The molecule has 1 aromatic heterocycles. The number of likely N-dealkylation sites (tertiary alicyclic amines) is 1. The second-order valence-corrected chi connectivity index (χ2v) is 10.2. The maximum absolute atomic E-state index is 14.0. The van der Waals surface area contributed by atoms with Crippen molar-refractivity contribution in [2.45, 2.75) is 70.0 Å². The van der Waals surface area contributed by atoms with Gasteiger partial charge in [-0.1, -0.05) is 25.3 Å². The van der Waals surface area contributed by atoms with Gasteiger partial charge in [-0.05, 0) is 74.9 Å². The average molecular weight is 493 g/mol. The first-order valence-electron chi connectivity index (χ1n) is 13.2. The Morgan fingerprint density at radius 1 is 1.00 bits per heavy atom. The fourth-order valence-electron chi connectivity index (χ4n) is 5.69. The summed E-state index contributed by atoms with van der Waals surface area (Å²) in [5.41, 5.74) is 3.00. The molecule has 2 unspecified atom stereocenters. The van der Waals surface area contributed by atoms with E-state index in [0.29, 0.717) is 6.54 Å². The predicted molar refractivity (Wildman–Crippen MR) is 137 cm³/mol. The van der Waals surface area contributed by atoms with Crippen LogP contribution in [-0.4, -0.2) is 54.2 Å². The van der Waals surface area contributed by atoms with Crippen LogP contribution in [0.15, 0.2) is 36.7 Å². The second kappa shape index (κ2) is 10.9. The van der Waals surface area contributed by atoms with Gasteiger partial charge in [0.2, 0.25) is 18.6 Å². The van der Waals surface area contributed by atoms with Crippen LogP contribution in [0.5, 0.6) is 11.5 Å². The summed E-state index contributed by atoms with van der Waals surface area (Å²) >= 11 is 0. The van der Waals surface area contributed by atoms with Gasteiger partial charge in [-0.25, -0.2) is 0 Å². The summed E-state index contributed by atoms with van der Waals surface area (Å²) in [6.07, 6.45) is 10.9. The zero-order chi connectivity index (χ0) is 25.1. The van der Waals surface area contributed by atoms with Crippen molar-refractivity contribution in [3.8, 4) is 22.6 Å². The summed E-state index contributed by atoms with van der Waals surface area (Å²) in [4.78, 5) is 33.3. The molecule has 2 amide bonds. The number of benzene rings is 1. The lowest BCUT2D eigenvalue weighted by Gasteiger charge is -2.35. The molecule has 0 bridgehead atoms. The summed E-state index contributed by atoms with van der Waals surface area (Å²) in [6, 6.07) is 7.13. The number of aromatic nitrogens is 1. The van der Waals surface area contributed by atoms with Gasteiger partial charge >= 0.3 is 0 Å². The molecular formula is C28H36N4O4. The molecule has 8 nitrogen and oxygen atoms in total. The van der Waals surface area contributed by atoms with Gasteiger partial charge in [0.25, 0.3) is 0 Å². The predicted octanol–water partition coefficient (Wildman–Crippen LogP) is 3.81. The number of hydrogen-bond donors (Lipinski definition) is 2. The van der Waals surface area contributed by atoms with Crippen LogP contribution in [0.1, 0.15) is 63.5 Å². The molecule has 2 aliphatic heterocycles. The van der Waals surface area contributed by atoms with Crippen LogP contribution in [0, 0.1) is 5.92 Å². The Morgan fingerprint density at radius 3 is 2.61 bits per heavy atom. The van der Waals surface area contributed by atoms with Gasteiger partial charge in [-0.15, -0.1) is 0 Å². The van der Waals surface area contributed by atoms with Crippen molar-refractivity contribution in [2.24, 2.45) is 5.92 Å². The van der Waals surface area contributed by atoms with E-state index in [9.17, 15) is 9.59 Å². The number of carbonyl (C=O) groups is 2. The van der Waals surface area contributed by atoms with Gasteiger partial charge in [0, 0.05) is 24.5 Å². The molecule has 1 saturated heterocycles. The van der Waals surface area contributed by atoms with E-state index in [2.05, 4.69) is 21.7 Å². The number of likely N-dealkylation sites (N-methyl/N-ethyl adjacent to an activating group) is 1. The van der Waals surface area contributed by atoms with Gasteiger partial charge in [0.1, 0.15) is 6.04 Å². The van der Waals surface area contributed by atoms with Crippen LogP contribution >= 0.6 is 0 Å². The van der Waals surface area contributed by atoms with Crippen LogP contribution in [-0.2, 0) is 9.59 Å². The first-order valence-corrected chi connectivity index (χ1v) is 13.2. The summed E-state index contributed by atoms with van der Waals surface area (Å²) < 4.78 is 11.0. The number of carbonyl (C=O) groups excluding carboxylic acids is 2. The van der Waals surface area contributed by atoms with Gasteiger partial charge < -0.3 is 25.0 Å². The van der Waals surface area contributed by atoms with E-state index >= 15 is 0 Å². The first kappa shape index (κ1) is 24.6. The molecule has 5 rings (SSSR count). The van der Waals surface area contributed by atoms with E-state index < -0.39 is 6.04 Å². The van der Waals surface area contributed by atoms with Crippen molar-refractivity contribution in [2.75, 3.05) is 20.4 Å². The molecule has 2 aromatic rings. The molecule has 192 valence electrons. The minimum absolute atomic E-state index is 0.0366. The van der Waals surface area contributed by atoms with Crippen molar-refractivity contribution in [3.63, 3.8) is 0 Å². The van der Waals surface area contributed by atoms with Crippen LogP contribution in [0.4, 0.5) is 0 Å². The van der Waals surface area contributed by atoms with Crippen molar-refractivity contribution >= 4 is 11.8 Å².